The van der Waals surface area contributed by atoms with Crippen molar-refractivity contribution in [2.24, 2.45) is 0 Å². The van der Waals surface area contributed by atoms with Gasteiger partial charge in [-0.2, -0.15) is 0 Å². The SMILES string of the molecule is CC(Oc1cc(-c2cn(CC(=O)O)cn2)cnc1N)c1c(Cl)ccc(F)c1Cl.CC(Oc1cc(-c2cn(CC(=O)OC(C)(C)C)cn2)cnc1N)c1c(Cl)ccc(F)c1Cl.Cl.Cl.Cl. The number of carbonyl (C=O) groups excluding carboxylic acids is 1. The molecule has 2 unspecified atom stereocenters. The first-order chi connectivity index (χ1) is 28.2. The second kappa shape index (κ2) is 23.2. The van der Waals surface area contributed by atoms with E-state index in [2.05, 4.69) is 19.9 Å². The first-order valence-electron chi connectivity index (χ1n) is 17.8. The van der Waals surface area contributed by atoms with E-state index in [0.29, 0.717) is 33.6 Å². The van der Waals surface area contributed by atoms with Crippen molar-refractivity contribution < 1.29 is 37.7 Å². The number of nitrogens with zero attached hydrogens (tertiary/aromatic N) is 6. The lowest BCUT2D eigenvalue weighted by Crippen LogP contribution is -2.26. The molecule has 4 aromatic heterocycles. The third-order valence-corrected chi connectivity index (χ3v) is 9.68. The standard InChI is InChI=1S/C22H23Cl2FN4O3.C18H15Cl2FN4O3.3ClH/c1-12(19-14(23)5-6-15(25)20(19)24)31-17-7-13(8-27-21(17)26)16-9-29(11-28-16)10-18(30)32-22(2,3)4;1-9(16-11(19)2-3-12(21)17(16)20)28-14-4-10(5-23-18(14)22)13-6-25(8-24-13)7-15(26)27;;;/h5-9,11-12H,10H2,1-4H3,(H2,26,27);2-6,8-9H,7H2,1H3,(H2,22,23)(H,26,27);3*1H. The van der Waals surface area contributed by atoms with Crippen LogP contribution in [0.2, 0.25) is 20.1 Å². The minimum Gasteiger partial charge on any atom is -0.482 e. The van der Waals surface area contributed by atoms with Gasteiger partial charge in [0.2, 0.25) is 0 Å². The van der Waals surface area contributed by atoms with Gasteiger partial charge in [0, 0.05) is 57.1 Å². The second-order valence-corrected chi connectivity index (χ2v) is 15.7. The van der Waals surface area contributed by atoms with E-state index in [4.69, 9.17) is 77.2 Å². The summed E-state index contributed by atoms with van der Waals surface area (Å²) >= 11 is 24.4. The molecule has 0 bridgehead atoms. The number of esters is 1. The highest BCUT2D eigenvalue weighted by molar-refractivity contribution is 6.36. The lowest BCUT2D eigenvalue weighted by atomic mass is 10.1. The number of pyridine rings is 2. The van der Waals surface area contributed by atoms with Gasteiger partial charge in [-0.3, -0.25) is 9.59 Å². The Labute approximate surface area is 399 Å². The largest absolute Gasteiger partial charge is 0.482 e. The zero-order chi connectivity index (χ0) is 44.1. The molecule has 0 saturated heterocycles. The number of nitrogens with two attached hydrogens (primary N) is 2. The van der Waals surface area contributed by atoms with Crippen LogP contribution >= 0.6 is 83.6 Å². The minimum absolute atomic E-state index is 0. The summed E-state index contributed by atoms with van der Waals surface area (Å²) in [6.45, 7) is 8.54. The van der Waals surface area contributed by atoms with Gasteiger partial charge in [0.05, 0.1) is 34.1 Å². The molecule has 6 rings (SSSR count). The smallest absolute Gasteiger partial charge is 0.326 e. The van der Waals surface area contributed by atoms with Gasteiger partial charge in [0.25, 0.3) is 0 Å². The van der Waals surface area contributed by atoms with Crippen LogP contribution in [0.25, 0.3) is 22.5 Å². The number of rotatable bonds is 12. The Kier molecular flexibility index (Phi) is 20.0. The number of ether oxygens (including phenoxy) is 3. The van der Waals surface area contributed by atoms with Crippen molar-refractivity contribution in [3.05, 3.63) is 117 Å². The van der Waals surface area contributed by atoms with Crippen LogP contribution in [0, 0.1) is 11.6 Å². The van der Waals surface area contributed by atoms with E-state index in [1.807, 2.05) is 0 Å². The van der Waals surface area contributed by atoms with E-state index in [9.17, 15) is 18.4 Å². The van der Waals surface area contributed by atoms with Crippen molar-refractivity contribution in [1.29, 1.82) is 0 Å². The topological polar surface area (TPSA) is 196 Å². The predicted molar refractivity (Wildman–Crippen MR) is 246 cm³/mol. The molecule has 6 aromatic rings. The molecular weight excluding hydrogens is 975 g/mol. The molecule has 0 aliphatic rings. The Morgan fingerprint density at radius 3 is 1.49 bits per heavy atom. The van der Waals surface area contributed by atoms with Gasteiger partial charge in [-0.05, 0) is 71.0 Å². The van der Waals surface area contributed by atoms with Crippen LogP contribution in [0.4, 0.5) is 20.4 Å². The number of hydrogen-bond acceptors (Lipinski definition) is 11. The van der Waals surface area contributed by atoms with E-state index in [1.54, 1.807) is 63.7 Å². The zero-order valence-electron chi connectivity index (χ0n) is 33.8. The summed E-state index contributed by atoms with van der Waals surface area (Å²) in [4.78, 5) is 39.5. The quantitative estimate of drug-likeness (QED) is 0.0776. The van der Waals surface area contributed by atoms with Crippen LogP contribution in [0.3, 0.4) is 0 Å². The van der Waals surface area contributed by atoms with Gasteiger partial charge >= 0.3 is 11.9 Å². The number of halogens is 9. The van der Waals surface area contributed by atoms with Gasteiger partial charge in [0.15, 0.2) is 23.1 Å². The number of imidazole rings is 2. The number of carboxylic acids is 1. The Balaban J connectivity index is 0.000000417. The Morgan fingerprint density at radius 2 is 1.11 bits per heavy atom. The molecule has 14 nitrogen and oxygen atoms in total. The molecule has 0 aliphatic carbocycles. The van der Waals surface area contributed by atoms with Gasteiger partial charge < -0.3 is 39.9 Å². The van der Waals surface area contributed by atoms with Crippen LogP contribution in [0.1, 0.15) is 58.0 Å². The van der Waals surface area contributed by atoms with E-state index in [0.717, 1.165) is 0 Å². The van der Waals surface area contributed by atoms with Crippen LogP contribution in [0.5, 0.6) is 11.5 Å². The van der Waals surface area contributed by atoms with Crippen molar-refractivity contribution in [2.75, 3.05) is 11.5 Å². The summed E-state index contributed by atoms with van der Waals surface area (Å²) in [5.41, 5.74) is 14.1. The van der Waals surface area contributed by atoms with Crippen LogP contribution < -0.4 is 20.9 Å². The maximum absolute atomic E-state index is 13.9. The Morgan fingerprint density at radius 1 is 0.714 bits per heavy atom. The van der Waals surface area contributed by atoms with E-state index in [-0.39, 0.29) is 99.5 Å². The Bertz CT molecular complexity index is 2540. The molecule has 2 aromatic carbocycles. The maximum atomic E-state index is 13.9. The molecule has 0 amide bonds. The number of anilines is 2. The monoisotopic (exact) mass is 1010 g/mol. The molecule has 0 aliphatic heterocycles. The van der Waals surface area contributed by atoms with Crippen molar-refractivity contribution >= 4 is 107 Å². The van der Waals surface area contributed by atoms with Gasteiger partial charge in [-0.25, -0.2) is 28.7 Å². The number of aromatic nitrogens is 6. The zero-order valence-corrected chi connectivity index (χ0v) is 39.3. The fourth-order valence-electron chi connectivity index (χ4n) is 5.58. The number of carboxylic acid groups (broad SMARTS) is 1. The summed E-state index contributed by atoms with van der Waals surface area (Å²) < 4.78 is 47.7. The first kappa shape index (κ1) is 54.3. The normalized spacial score (nSPS) is 11.7. The molecule has 340 valence electrons. The number of nitrogen functional groups attached to an aromatic ring is 2. The van der Waals surface area contributed by atoms with Crippen molar-refractivity contribution in [3.63, 3.8) is 0 Å². The summed E-state index contributed by atoms with van der Waals surface area (Å²) in [5, 5.41) is 9.14. The lowest BCUT2D eigenvalue weighted by molar-refractivity contribution is -0.155. The van der Waals surface area contributed by atoms with Crippen molar-refractivity contribution in [2.45, 2.75) is 65.5 Å². The lowest BCUT2D eigenvalue weighted by Gasteiger charge is -2.19. The fourth-order valence-corrected chi connectivity index (χ4v) is 6.94. The van der Waals surface area contributed by atoms with Gasteiger partial charge in [-0.15, -0.1) is 37.2 Å². The van der Waals surface area contributed by atoms with Gasteiger partial charge in [-0.1, -0.05) is 46.4 Å². The van der Waals surface area contributed by atoms with Crippen molar-refractivity contribution in [3.8, 4) is 34.0 Å². The van der Waals surface area contributed by atoms with Crippen LogP contribution in [0.15, 0.2) is 73.8 Å². The number of aliphatic carboxylic acids is 1. The molecular formula is C40H41Cl7F2N8O6. The maximum Gasteiger partial charge on any atom is 0.326 e. The average molecular weight is 1020 g/mol. The molecule has 4 heterocycles. The molecule has 63 heavy (non-hydrogen) atoms. The van der Waals surface area contributed by atoms with Crippen LogP contribution in [-0.2, 0) is 27.4 Å². The summed E-state index contributed by atoms with van der Waals surface area (Å²) in [7, 11) is 0. The van der Waals surface area contributed by atoms with Gasteiger partial charge in [0.1, 0.15) is 42.5 Å². The molecule has 0 fully saturated rings. The van der Waals surface area contributed by atoms with Crippen LogP contribution in [-0.4, -0.2) is 51.7 Å². The van der Waals surface area contributed by atoms with E-state index >= 15 is 0 Å². The fraction of sp³-hybridized carbons (Fsp3) is 0.250. The second-order valence-electron chi connectivity index (χ2n) is 14.1. The molecule has 23 heteroatoms. The summed E-state index contributed by atoms with van der Waals surface area (Å²) in [6.07, 6.45) is 7.78. The average Bonchev–Trinajstić information content (AvgIpc) is 3.83. The third kappa shape index (κ3) is 14.3. The molecule has 2 atom stereocenters. The minimum atomic E-state index is -0.985. The number of benzene rings is 2. The molecule has 0 spiro atoms. The summed E-state index contributed by atoms with van der Waals surface area (Å²) in [5.74, 6) is -1.83. The molecule has 5 N–H and O–H groups in total. The third-order valence-electron chi connectivity index (χ3n) is 8.25. The summed E-state index contributed by atoms with van der Waals surface area (Å²) in [6, 6.07) is 8.42. The van der Waals surface area contributed by atoms with Crippen molar-refractivity contribution in [1.82, 2.24) is 29.1 Å². The predicted octanol–water partition coefficient (Wildman–Crippen LogP) is 10.9. The first-order valence-corrected chi connectivity index (χ1v) is 19.3. The highest BCUT2D eigenvalue weighted by Crippen LogP contribution is 2.38. The van der Waals surface area contributed by atoms with E-state index in [1.165, 1.54) is 53.9 Å². The highest BCUT2D eigenvalue weighted by Gasteiger charge is 2.23. The number of hydrogen-bond donors (Lipinski definition) is 3. The molecule has 0 saturated carbocycles. The Hall–Kier alpha value is -4.81. The highest BCUT2D eigenvalue weighted by atomic mass is 35.5. The van der Waals surface area contributed by atoms with E-state index < -0.39 is 35.4 Å². The number of carbonyl (C=O) groups is 2. The molecule has 0 radical (unpaired) electrons.